The lowest BCUT2D eigenvalue weighted by Gasteiger charge is -2.14. The number of aliphatic hydroxyl groups is 1. The van der Waals surface area contributed by atoms with Crippen molar-refractivity contribution < 1.29 is 15.0 Å². The van der Waals surface area contributed by atoms with Gasteiger partial charge in [0.15, 0.2) is 0 Å². The van der Waals surface area contributed by atoms with Crippen molar-refractivity contribution in [2.24, 2.45) is 0 Å². The first kappa shape index (κ1) is 14.5. The van der Waals surface area contributed by atoms with Crippen molar-refractivity contribution in [3.63, 3.8) is 0 Å². The van der Waals surface area contributed by atoms with E-state index in [1.54, 1.807) is 0 Å². The Bertz CT molecular complexity index is 400. The Morgan fingerprint density at radius 2 is 1.94 bits per heavy atom. The lowest BCUT2D eigenvalue weighted by atomic mass is 10.2. The molecule has 0 saturated heterocycles. The number of benzene rings is 1. The van der Waals surface area contributed by atoms with Gasteiger partial charge in [0, 0.05) is 15.5 Å². The molecule has 17 heavy (non-hydrogen) atoms. The first-order chi connectivity index (χ1) is 7.90. The molecule has 0 saturated carbocycles. The minimum absolute atomic E-state index is 0.187. The van der Waals surface area contributed by atoms with Crippen LogP contribution in [0, 0.1) is 6.92 Å². The molecule has 0 aliphatic rings. The minimum atomic E-state index is -1.01. The molecule has 1 aromatic carbocycles. The summed E-state index contributed by atoms with van der Waals surface area (Å²) in [6.45, 7) is 2.16. The first-order valence-electron chi connectivity index (χ1n) is 4.99. The standard InChI is InChI=1S/C11H13Br2NO3/c1-6-2-8(12)11(9(13)3-6)14-5-7(15)4-10(16)17/h2-3,7,14-15H,4-5H2,1H3,(H,16,17). The maximum Gasteiger partial charge on any atom is 0.306 e. The highest BCUT2D eigenvalue weighted by Crippen LogP contribution is 2.32. The summed E-state index contributed by atoms with van der Waals surface area (Å²) in [6.07, 6.45) is -1.18. The zero-order chi connectivity index (χ0) is 13.0. The van der Waals surface area contributed by atoms with Gasteiger partial charge < -0.3 is 15.5 Å². The summed E-state index contributed by atoms with van der Waals surface area (Å²) in [5, 5.41) is 21.0. The Morgan fingerprint density at radius 1 is 1.41 bits per heavy atom. The van der Waals surface area contributed by atoms with E-state index in [-0.39, 0.29) is 13.0 Å². The molecule has 0 aliphatic carbocycles. The first-order valence-corrected chi connectivity index (χ1v) is 6.58. The Kier molecular flexibility index (Phi) is 5.42. The van der Waals surface area contributed by atoms with E-state index in [1.165, 1.54) is 0 Å². The maximum atomic E-state index is 10.4. The number of carboxylic acids is 1. The van der Waals surface area contributed by atoms with Crippen molar-refractivity contribution in [2.45, 2.75) is 19.4 Å². The second kappa shape index (κ2) is 6.37. The van der Waals surface area contributed by atoms with Crippen LogP contribution < -0.4 is 5.32 Å². The zero-order valence-electron chi connectivity index (χ0n) is 9.20. The number of carbonyl (C=O) groups is 1. The van der Waals surface area contributed by atoms with Gasteiger partial charge in [0.05, 0.1) is 18.2 Å². The van der Waals surface area contributed by atoms with Crippen molar-refractivity contribution in [1.82, 2.24) is 0 Å². The van der Waals surface area contributed by atoms with E-state index in [0.717, 1.165) is 20.2 Å². The number of aryl methyl sites for hydroxylation is 1. The van der Waals surface area contributed by atoms with Crippen LogP contribution in [0.3, 0.4) is 0 Å². The number of hydrogen-bond donors (Lipinski definition) is 3. The molecule has 1 rings (SSSR count). The average molecular weight is 367 g/mol. The van der Waals surface area contributed by atoms with Gasteiger partial charge in [0.2, 0.25) is 0 Å². The lowest BCUT2D eigenvalue weighted by molar-refractivity contribution is -0.138. The number of nitrogens with one attached hydrogen (secondary N) is 1. The molecule has 1 atom stereocenters. The Hall–Kier alpha value is -0.590. The number of hydrogen-bond acceptors (Lipinski definition) is 3. The van der Waals surface area contributed by atoms with Gasteiger partial charge in [-0.3, -0.25) is 4.79 Å². The zero-order valence-corrected chi connectivity index (χ0v) is 12.4. The van der Waals surface area contributed by atoms with Gasteiger partial charge in [-0.25, -0.2) is 0 Å². The van der Waals surface area contributed by atoms with E-state index < -0.39 is 12.1 Å². The molecule has 94 valence electrons. The van der Waals surface area contributed by atoms with Gasteiger partial charge in [-0.05, 0) is 56.5 Å². The normalized spacial score (nSPS) is 12.2. The SMILES string of the molecule is Cc1cc(Br)c(NCC(O)CC(=O)O)c(Br)c1. The number of carboxylic acid groups (broad SMARTS) is 1. The van der Waals surface area contributed by atoms with E-state index >= 15 is 0 Å². The van der Waals surface area contributed by atoms with E-state index in [1.807, 2.05) is 19.1 Å². The summed E-state index contributed by atoms with van der Waals surface area (Å²) < 4.78 is 1.74. The van der Waals surface area contributed by atoms with Crippen molar-refractivity contribution in [3.05, 3.63) is 26.6 Å². The molecule has 1 unspecified atom stereocenters. The third kappa shape index (κ3) is 4.65. The molecule has 1 aromatic rings. The summed E-state index contributed by atoms with van der Waals surface area (Å²) in [5.41, 5.74) is 1.90. The number of rotatable bonds is 5. The molecule has 6 heteroatoms. The molecule has 4 nitrogen and oxygen atoms in total. The largest absolute Gasteiger partial charge is 0.481 e. The van der Waals surface area contributed by atoms with Crippen molar-refractivity contribution >= 4 is 43.5 Å². The van der Waals surface area contributed by atoms with Crippen LogP contribution >= 0.6 is 31.9 Å². The molecular formula is C11H13Br2NO3. The van der Waals surface area contributed by atoms with Gasteiger partial charge in [-0.2, -0.15) is 0 Å². The van der Waals surface area contributed by atoms with Crippen LogP contribution in [-0.4, -0.2) is 28.8 Å². The molecule has 0 fully saturated rings. The maximum absolute atomic E-state index is 10.4. The molecule has 0 radical (unpaired) electrons. The number of aliphatic hydroxyl groups excluding tert-OH is 1. The number of anilines is 1. The summed E-state index contributed by atoms with van der Waals surface area (Å²) in [6, 6.07) is 3.88. The van der Waals surface area contributed by atoms with Gasteiger partial charge >= 0.3 is 5.97 Å². The third-order valence-electron chi connectivity index (χ3n) is 2.11. The topological polar surface area (TPSA) is 69.6 Å². The molecule has 0 heterocycles. The summed E-state index contributed by atoms with van der Waals surface area (Å²) in [7, 11) is 0. The van der Waals surface area contributed by atoms with E-state index in [9.17, 15) is 9.90 Å². The second-order valence-corrected chi connectivity index (χ2v) is 5.44. The Morgan fingerprint density at radius 3 is 2.41 bits per heavy atom. The molecule has 3 N–H and O–H groups in total. The summed E-state index contributed by atoms with van der Waals surface area (Å²) in [4.78, 5) is 10.4. The number of aliphatic carboxylic acids is 1. The smallest absolute Gasteiger partial charge is 0.306 e. The fraction of sp³-hybridized carbons (Fsp3) is 0.364. The van der Waals surface area contributed by atoms with E-state index in [2.05, 4.69) is 37.2 Å². The van der Waals surface area contributed by atoms with Crippen LogP contribution in [0.15, 0.2) is 21.1 Å². The van der Waals surface area contributed by atoms with Crippen LogP contribution in [-0.2, 0) is 4.79 Å². The van der Waals surface area contributed by atoms with Gasteiger partial charge in [-0.15, -0.1) is 0 Å². The van der Waals surface area contributed by atoms with Crippen molar-refractivity contribution in [3.8, 4) is 0 Å². The third-order valence-corrected chi connectivity index (χ3v) is 3.36. The highest BCUT2D eigenvalue weighted by molar-refractivity contribution is 9.11. The average Bonchev–Trinajstić information content (AvgIpc) is 2.14. The van der Waals surface area contributed by atoms with Crippen molar-refractivity contribution in [2.75, 3.05) is 11.9 Å². The fourth-order valence-corrected chi connectivity index (χ4v) is 3.06. The van der Waals surface area contributed by atoms with Crippen molar-refractivity contribution in [1.29, 1.82) is 0 Å². The van der Waals surface area contributed by atoms with Crippen LogP contribution in [0.25, 0.3) is 0 Å². The number of halogens is 2. The Balaban J connectivity index is 2.66. The minimum Gasteiger partial charge on any atom is -0.481 e. The van der Waals surface area contributed by atoms with Gasteiger partial charge in [0.1, 0.15) is 0 Å². The molecule has 0 amide bonds. The van der Waals surface area contributed by atoms with Crippen LogP contribution in [0.4, 0.5) is 5.69 Å². The highest BCUT2D eigenvalue weighted by atomic mass is 79.9. The lowest BCUT2D eigenvalue weighted by Crippen LogP contribution is -2.22. The predicted molar refractivity (Wildman–Crippen MR) is 73.3 cm³/mol. The molecule has 0 aliphatic heterocycles. The van der Waals surface area contributed by atoms with Gasteiger partial charge in [0.25, 0.3) is 0 Å². The van der Waals surface area contributed by atoms with Gasteiger partial charge in [-0.1, -0.05) is 0 Å². The van der Waals surface area contributed by atoms with Crippen LogP contribution in [0.5, 0.6) is 0 Å². The fourth-order valence-electron chi connectivity index (χ4n) is 1.36. The van der Waals surface area contributed by atoms with Crippen LogP contribution in [0.1, 0.15) is 12.0 Å². The molecule has 0 bridgehead atoms. The molecular weight excluding hydrogens is 354 g/mol. The molecule has 0 aromatic heterocycles. The highest BCUT2D eigenvalue weighted by Gasteiger charge is 2.11. The van der Waals surface area contributed by atoms with E-state index in [0.29, 0.717) is 0 Å². The summed E-state index contributed by atoms with van der Waals surface area (Å²) in [5.74, 6) is -1.01. The molecule has 0 spiro atoms. The summed E-state index contributed by atoms with van der Waals surface area (Å²) >= 11 is 6.82. The predicted octanol–water partition coefficient (Wildman–Crippen LogP) is 2.77. The second-order valence-electron chi connectivity index (χ2n) is 3.74. The van der Waals surface area contributed by atoms with E-state index in [4.69, 9.17) is 5.11 Å². The monoisotopic (exact) mass is 365 g/mol. The quantitative estimate of drug-likeness (QED) is 0.749. The Labute approximate surface area is 116 Å². The van der Waals surface area contributed by atoms with Crippen LogP contribution in [0.2, 0.25) is 0 Å².